The zero-order valence-corrected chi connectivity index (χ0v) is 15.3. The number of anilines is 1. The van der Waals surface area contributed by atoms with Gasteiger partial charge in [-0.2, -0.15) is 0 Å². The SMILES string of the molecule is COc1ccc(C(=O)Nc2cc(Cl)ccc2Oc2ccccc2)cc1Cl. The summed E-state index contributed by atoms with van der Waals surface area (Å²) < 4.78 is 10.9. The van der Waals surface area contributed by atoms with Crippen LogP contribution in [0.15, 0.2) is 66.7 Å². The summed E-state index contributed by atoms with van der Waals surface area (Å²) in [6.45, 7) is 0. The highest BCUT2D eigenvalue weighted by Crippen LogP contribution is 2.33. The Morgan fingerprint density at radius 3 is 2.35 bits per heavy atom. The van der Waals surface area contributed by atoms with Crippen molar-refractivity contribution < 1.29 is 14.3 Å². The van der Waals surface area contributed by atoms with Crippen LogP contribution in [0.2, 0.25) is 10.0 Å². The molecule has 3 aromatic carbocycles. The number of nitrogens with one attached hydrogen (secondary N) is 1. The second-order valence-corrected chi connectivity index (χ2v) is 6.20. The molecule has 1 amide bonds. The van der Waals surface area contributed by atoms with Crippen LogP contribution in [0.5, 0.6) is 17.2 Å². The van der Waals surface area contributed by atoms with Crippen molar-refractivity contribution in [2.45, 2.75) is 0 Å². The lowest BCUT2D eigenvalue weighted by atomic mass is 10.2. The molecular weight excluding hydrogens is 373 g/mol. The van der Waals surface area contributed by atoms with Crippen LogP contribution in [0.4, 0.5) is 5.69 Å². The zero-order chi connectivity index (χ0) is 18.5. The Bertz CT molecular complexity index is 930. The van der Waals surface area contributed by atoms with E-state index in [4.69, 9.17) is 32.7 Å². The van der Waals surface area contributed by atoms with Crippen molar-refractivity contribution in [3.05, 3.63) is 82.3 Å². The maximum atomic E-state index is 12.6. The molecule has 0 saturated carbocycles. The van der Waals surface area contributed by atoms with E-state index >= 15 is 0 Å². The molecule has 0 radical (unpaired) electrons. The fourth-order valence-electron chi connectivity index (χ4n) is 2.31. The largest absolute Gasteiger partial charge is 0.495 e. The molecule has 0 fully saturated rings. The van der Waals surface area contributed by atoms with Crippen LogP contribution in [-0.4, -0.2) is 13.0 Å². The molecule has 0 aliphatic carbocycles. The molecule has 0 unspecified atom stereocenters. The van der Waals surface area contributed by atoms with Gasteiger partial charge in [-0.1, -0.05) is 41.4 Å². The van der Waals surface area contributed by atoms with E-state index in [1.54, 1.807) is 30.3 Å². The number of benzene rings is 3. The molecule has 3 rings (SSSR count). The van der Waals surface area contributed by atoms with E-state index in [9.17, 15) is 4.79 Å². The molecule has 1 N–H and O–H groups in total. The number of para-hydroxylation sites is 1. The van der Waals surface area contributed by atoms with Gasteiger partial charge in [-0.25, -0.2) is 0 Å². The number of carbonyl (C=O) groups excluding carboxylic acids is 1. The molecule has 6 heteroatoms. The van der Waals surface area contributed by atoms with Crippen molar-refractivity contribution >= 4 is 34.8 Å². The summed E-state index contributed by atoms with van der Waals surface area (Å²) in [6.07, 6.45) is 0. The van der Waals surface area contributed by atoms with Gasteiger partial charge in [-0.05, 0) is 48.5 Å². The molecule has 0 bridgehead atoms. The van der Waals surface area contributed by atoms with Crippen LogP contribution >= 0.6 is 23.2 Å². The minimum atomic E-state index is -0.338. The van der Waals surface area contributed by atoms with Gasteiger partial charge < -0.3 is 14.8 Å². The van der Waals surface area contributed by atoms with E-state index < -0.39 is 0 Å². The van der Waals surface area contributed by atoms with Crippen molar-refractivity contribution in [2.24, 2.45) is 0 Å². The van der Waals surface area contributed by atoms with E-state index in [-0.39, 0.29) is 5.91 Å². The minimum Gasteiger partial charge on any atom is -0.495 e. The summed E-state index contributed by atoms with van der Waals surface area (Å²) in [5.74, 6) is 1.29. The van der Waals surface area contributed by atoms with Gasteiger partial charge in [0.25, 0.3) is 5.91 Å². The number of hydrogen-bond acceptors (Lipinski definition) is 3. The van der Waals surface area contributed by atoms with Gasteiger partial charge in [-0.3, -0.25) is 4.79 Å². The fraction of sp³-hybridized carbons (Fsp3) is 0.0500. The zero-order valence-electron chi connectivity index (χ0n) is 13.8. The summed E-state index contributed by atoms with van der Waals surface area (Å²) in [5.41, 5.74) is 0.847. The summed E-state index contributed by atoms with van der Waals surface area (Å²) in [4.78, 5) is 12.6. The highest BCUT2D eigenvalue weighted by atomic mass is 35.5. The van der Waals surface area contributed by atoms with Crippen LogP contribution in [0, 0.1) is 0 Å². The topological polar surface area (TPSA) is 47.6 Å². The quantitative estimate of drug-likeness (QED) is 0.579. The average molecular weight is 388 g/mol. The number of rotatable bonds is 5. The highest BCUT2D eigenvalue weighted by molar-refractivity contribution is 6.32. The molecule has 0 aliphatic heterocycles. The standard InChI is InChI=1S/C20H15Cl2NO3/c1-25-18-9-7-13(11-16(18)22)20(24)23-17-12-14(21)8-10-19(17)26-15-5-3-2-4-6-15/h2-12H,1H3,(H,23,24). The Morgan fingerprint density at radius 2 is 1.65 bits per heavy atom. The summed E-state index contributed by atoms with van der Waals surface area (Å²) >= 11 is 12.2. The van der Waals surface area contributed by atoms with Crippen LogP contribution in [0.3, 0.4) is 0 Å². The Morgan fingerprint density at radius 1 is 0.923 bits per heavy atom. The van der Waals surface area contributed by atoms with Crippen LogP contribution in [0.1, 0.15) is 10.4 Å². The van der Waals surface area contributed by atoms with Crippen LogP contribution in [-0.2, 0) is 0 Å². The van der Waals surface area contributed by atoms with Gasteiger partial charge >= 0.3 is 0 Å². The molecule has 0 atom stereocenters. The monoisotopic (exact) mass is 387 g/mol. The lowest BCUT2D eigenvalue weighted by Gasteiger charge is -2.13. The Balaban J connectivity index is 1.85. The second-order valence-electron chi connectivity index (χ2n) is 5.36. The molecule has 26 heavy (non-hydrogen) atoms. The number of hydrogen-bond donors (Lipinski definition) is 1. The molecule has 0 saturated heterocycles. The van der Waals surface area contributed by atoms with Gasteiger partial charge in [0.15, 0.2) is 5.75 Å². The second kappa shape index (κ2) is 8.13. The van der Waals surface area contributed by atoms with Gasteiger partial charge in [-0.15, -0.1) is 0 Å². The average Bonchev–Trinajstić information content (AvgIpc) is 2.64. The number of amides is 1. The molecule has 3 aromatic rings. The van der Waals surface area contributed by atoms with Crippen molar-refractivity contribution in [1.29, 1.82) is 0 Å². The van der Waals surface area contributed by atoms with E-state index in [1.807, 2.05) is 30.3 Å². The third-order valence-corrected chi connectivity index (χ3v) is 4.11. The molecule has 4 nitrogen and oxygen atoms in total. The fourth-order valence-corrected chi connectivity index (χ4v) is 2.74. The van der Waals surface area contributed by atoms with Gasteiger partial charge in [0.1, 0.15) is 11.5 Å². The highest BCUT2D eigenvalue weighted by Gasteiger charge is 2.13. The van der Waals surface area contributed by atoms with E-state index in [0.717, 1.165) is 0 Å². The smallest absolute Gasteiger partial charge is 0.255 e. The van der Waals surface area contributed by atoms with Crippen LogP contribution < -0.4 is 14.8 Å². The summed E-state index contributed by atoms with van der Waals surface area (Å²) in [7, 11) is 1.51. The predicted octanol–water partition coefficient (Wildman–Crippen LogP) is 6.05. The molecule has 0 heterocycles. The van der Waals surface area contributed by atoms with Gasteiger partial charge in [0.05, 0.1) is 17.8 Å². The first-order valence-electron chi connectivity index (χ1n) is 7.74. The normalized spacial score (nSPS) is 10.3. The predicted molar refractivity (Wildman–Crippen MR) is 104 cm³/mol. The lowest BCUT2D eigenvalue weighted by Crippen LogP contribution is -2.12. The maximum absolute atomic E-state index is 12.6. The first-order chi connectivity index (χ1) is 12.6. The number of methoxy groups -OCH3 is 1. The first-order valence-corrected chi connectivity index (χ1v) is 8.50. The minimum absolute atomic E-state index is 0.338. The van der Waals surface area contributed by atoms with Crippen molar-refractivity contribution in [3.8, 4) is 17.2 Å². The number of halogens is 2. The maximum Gasteiger partial charge on any atom is 0.255 e. The van der Waals surface area contributed by atoms with Gasteiger partial charge in [0.2, 0.25) is 0 Å². The molecule has 0 aliphatic rings. The third-order valence-electron chi connectivity index (χ3n) is 3.57. The first kappa shape index (κ1) is 18.1. The van der Waals surface area contributed by atoms with E-state index in [2.05, 4.69) is 5.32 Å². The molecule has 132 valence electrons. The Labute approximate surface area is 161 Å². The summed E-state index contributed by atoms with van der Waals surface area (Å²) in [5, 5.41) is 3.64. The molecular formula is C20H15Cl2NO3. The number of carbonyl (C=O) groups is 1. The Kier molecular flexibility index (Phi) is 5.66. The number of ether oxygens (including phenoxy) is 2. The van der Waals surface area contributed by atoms with Crippen molar-refractivity contribution in [1.82, 2.24) is 0 Å². The van der Waals surface area contributed by atoms with E-state index in [0.29, 0.717) is 38.5 Å². The third kappa shape index (κ3) is 4.28. The van der Waals surface area contributed by atoms with E-state index in [1.165, 1.54) is 13.2 Å². The Hall–Kier alpha value is -2.69. The molecule has 0 aromatic heterocycles. The van der Waals surface area contributed by atoms with Crippen LogP contribution in [0.25, 0.3) is 0 Å². The van der Waals surface area contributed by atoms with Gasteiger partial charge in [0, 0.05) is 10.6 Å². The lowest BCUT2D eigenvalue weighted by molar-refractivity contribution is 0.102. The van der Waals surface area contributed by atoms with Crippen molar-refractivity contribution in [2.75, 3.05) is 12.4 Å². The van der Waals surface area contributed by atoms with Crippen molar-refractivity contribution in [3.63, 3.8) is 0 Å². The summed E-state index contributed by atoms with van der Waals surface area (Å²) in [6, 6.07) is 19.1. The molecule has 0 spiro atoms.